The van der Waals surface area contributed by atoms with Crippen molar-refractivity contribution in [3.05, 3.63) is 53.9 Å². The summed E-state index contributed by atoms with van der Waals surface area (Å²) >= 11 is 0. The maximum atomic E-state index is 12.1. The number of carboxylic acids is 1. The van der Waals surface area contributed by atoms with Crippen molar-refractivity contribution in [2.45, 2.75) is 19.3 Å². The summed E-state index contributed by atoms with van der Waals surface area (Å²) in [4.78, 5) is 23.3. The first-order valence-corrected chi connectivity index (χ1v) is 6.59. The van der Waals surface area contributed by atoms with Crippen LogP contribution in [0.5, 0.6) is 0 Å². The zero-order valence-corrected chi connectivity index (χ0v) is 12.3. The number of carboxylic acid groups (broad SMARTS) is 1. The Bertz CT molecular complexity index is 669. The molecular formula is C16H18N2O3. The van der Waals surface area contributed by atoms with Crippen LogP contribution in [0.25, 0.3) is 0 Å². The van der Waals surface area contributed by atoms with Crippen molar-refractivity contribution in [1.82, 2.24) is 4.57 Å². The minimum absolute atomic E-state index is 0.201. The van der Waals surface area contributed by atoms with Crippen LogP contribution in [-0.2, 0) is 17.3 Å². The van der Waals surface area contributed by atoms with E-state index in [0.29, 0.717) is 16.9 Å². The van der Waals surface area contributed by atoms with Crippen LogP contribution in [0.4, 0.5) is 5.69 Å². The van der Waals surface area contributed by atoms with Gasteiger partial charge in [0.15, 0.2) is 0 Å². The second-order valence-corrected chi connectivity index (χ2v) is 5.47. The molecule has 2 rings (SSSR count). The summed E-state index contributed by atoms with van der Waals surface area (Å²) in [6, 6.07) is 10.4. The molecule has 0 fully saturated rings. The average molecular weight is 286 g/mol. The van der Waals surface area contributed by atoms with Gasteiger partial charge in [-0.1, -0.05) is 12.1 Å². The molecule has 1 aromatic carbocycles. The number of anilines is 1. The molecule has 0 atom stereocenters. The van der Waals surface area contributed by atoms with E-state index >= 15 is 0 Å². The fourth-order valence-electron chi connectivity index (χ4n) is 1.99. The number of aliphatic carboxylic acids is 1. The highest BCUT2D eigenvalue weighted by atomic mass is 16.4. The standard InChI is InChI=1S/C16H18N2O3/c1-16(2,15(20)21)11-6-8-12(9-7-11)17-14(19)13-5-4-10-18(13)3/h4-10H,1-3H3,(H,17,19)(H,20,21). The van der Waals surface area contributed by atoms with Crippen LogP contribution in [0, 0.1) is 0 Å². The van der Waals surface area contributed by atoms with Gasteiger partial charge in [-0.25, -0.2) is 0 Å². The molecule has 21 heavy (non-hydrogen) atoms. The topological polar surface area (TPSA) is 71.3 Å². The van der Waals surface area contributed by atoms with E-state index in [4.69, 9.17) is 0 Å². The fraction of sp³-hybridized carbons (Fsp3) is 0.250. The third-order valence-electron chi connectivity index (χ3n) is 3.58. The maximum Gasteiger partial charge on any atom is 0.313 e. The molecule has 0 radical (unpaired) electrons. The van der Waals surface area contributed by atoms with E-state index in [9.17, 15) is 14.7 Å². The Morgan fingerprint density at radius 3 is 2.24 bits per heavy atom. The zero-order valence-electron chi connectivity index (χ0n) is 12.3. The molecule has 0 aliphatic carbocycles. The molecule has 110 valence electrons. The molecule has 0 aliphatic rings. The second kappa shape index (κ2) is 5.44. The summed E-state index contributed by atoms with van der Waals surface area (Å²) in [5.74, 6) is -1.09. The average Bonchev–Trinajstić information content (AvgIpc) is 2.85. The highest BCUT2D eigenvalue weighted by Crippen LogP contribution is 2.24. The van der Waals surface area contributed by atoms with Crippen molar-refractivity contribution in [2.75, 3.05) is 5.32 Å². The number of carbonyl (C=O) groups is 2. The first kappa shape index (κ1) is 14.8. The van der Waals surface area contributed by atoms with Crippen molar-refractivity contribution in [3.8, 4) is 0 Å². The van der Waals surface area contributed by atoms with Crippen molar-refractivity contribution < 1.29 is 14.7 Å². The molecule has 2 aromatic rings. The number of amides is 1. The second-order valence-electron chi connectivity index (χ2n) is 5.47. The summed E-state index contributed by atoms with van der Waals surface area (Å²) in [5, 5.41) is 12.0. The number of hydrogen-bond acceptors (Lipinski definition) is 2. The molecule has 0 unspecified atom stereocenters. The van der Waals surface area contributed by atoms with E-state index in [1.807, 2.05) is 0 Å². The molecule has 1 amide bonds. The number of nitrogens with one attached hydrogen (secondary N) is 1. The molecule has 1 aromatic heterocycles. The Kier molecular flexibility index (Phi) is 3.84. The van der Waals surface area contributed by atoms with Crippen LogP contribution in [0.3, 0.4) is 0 Å². The van der Waals surface area contributed by atoms with Gasteiger partial charge in [-0.05, 0) is 43.7 Å². The molecule has 0 saturated carbocycles. The van der Waals surface area contributed by atoms with Gasteiger partial charge in [-0.15, -0.1) is 0 Å². The highest BCUT2D eigenvalue weighted by molar-refractivity contribution is 6.03. The number of aryl methyl sites for hydroxylation is 1. The highest BCUT2D eigenvalue weighted by Gasteiger charge is 2.29. The Labute approximate surface area is 123 Å². The summed E-state index contributed by atoms with van der Waals surface area (Å²) in [5.41, 5.74) is 0.920. The number of carbonyl (C=O) groups excluding carboxylic acids is 1. The third kappa shape index (κ3) is 2.97. The molecular weight excluding hydrogens is 268 g/mol. The molecule has 5 heteroatoms. The van der Waals surface area contributed by atoms with E-state index in [0.717, 1.165) is 0 Å². The summed E-state index contributed by atoms with van der Waals surface area (Å²) in [6.07, 6.45) is 1.80. The van der Waals surface area contributed by atoms with E-state index in [-0.39, 0.29) is 5.91 Å². The van der Waals surface area contributed by atoms with Gasteiger partial charge in [0.1, 0.15) is 5.69 Å². The van der Waals surface area contributed by atoms with Crippen LogP contribution >= 0.6 is 0 Å². The lowest BCUT2D eigenvalue weighted by Crippen LogP contribution is -2.28. The van der Waals surface area contributed by atoms with Gasteiger partial charge in [0, 0.05) is 18.9 Å². The van der Waals surface area contributed by atoms with Crippen LogP contribution in [0.15, 0.2) is 42.6 Å². The largest absolute Gasteiger partial charge is 0.481 e. The lowest BCUT2D eigenvalue weighted by molar-refractivity contribution is -0.142. The van der Waals surface area contributed by atoms with Gasteiger partial charge in [-0.2, -0.15) is 0 Å². The first-order valence-electron chi connectivity index (χ1n) is 6.59. The minimum Gasteiger partial charge on any atom is -0.481 e. The predicted molar refractivity (Wildman–Crippen MR) is 80.5 cm³/mol. The normalized spacial score (nSPS) is 11.2. The van der Waals surface area contributed by atoms with E-state index in [1.54, 1.807) is 68.1 Å². The number of nitrogens with zero attached hydrogens (tertiary/aromatic N) is 1. The number of rotatable bonds is 4. The number of hydrogen-bond donors (Lipinski definition) is 2. The molecule has 0 spiro atoms. The van der Waals surface area contributed by atoms with Gasteiger partial charge in [-0.3, -0.25) is 9.59 Å². The minimum atomic E-state index is -0.958. The summed E-state index contributed by atoms with van der Waals surface area (Å²) < 4.78 is 1.73. The van der Waals surface area contributed by atoms with E-state index in [1.165, 1.54) is 0 Å². The molecule has 5 nitrogen and oxygen atoms in total. The van der Waals surface area contributed by atoms with Crippen LogP contribution in [0.1, 0.15) is 29.9 Å². The molecule has 0 saturated heterocycles. The van der Waals surface area contributed by atoms with Crippen molar-refractivity contribution in [2.24, 2.45) is 7.05 Å². The summed E-state index contributed by atoms with van der Waals surface area (Å²) in [6.45, 7) is 3.29. The van der Waals surface area contributed by atoms with Gasteiger partial charge < -0.3 is 15.0 Å². The Hall–Kier alpha value is -2.56. The first-order chi connectivity index (χ1) is 9.82. The van der Waals surface area contributed by atoms with Crippen LogP contribution in [-0.4, -0.2) is 21.6 Å². The molecule has 2 N–H and O–H groups in total. The van der Waals surface area contributed by atoms with Gasteiger partial charge >= 0.3 is 5.97 Å². The van der Waals surface area contributed by atoms with E-state index in [2.05, 4.69) is 5.32 Å². The smallest absolute Gasteiger partial charge is 0.313 e. The SMILES string of the molecule is Cn1cccc1C(=O)Nc1ccc(C(C)(C)C(=O)O)cc1. The third-order valence-corrected chi connectivity index (χ3v) is 3.58. The zero-order chi connectivity index (χ0) is 15.6. The Morgan fingerprint density at radius 2 is 1.76 bits per heavy atom. The molecule has 1 heterocycles. The Balaban J connectivity index is 2.15. The monoisotopic (exact) mass is 286 g/mol. The van der Waals surface area contributed by atoms with Crippen molar-refractivity contribution in [1.29, 1.82) is 0 Å². The lowest BCUT2D eigenvalue weighted by atomic mass is 9.85. The quantitative estimate of drug-likeness (QED) is 0.907. The number of aromatic nitrogens is 1. The van der Waals surface area contributed by atoms with Gasteiger partial charge in [0.05, 0.1) is 5.41 Å². The number of benzene rings is 1. The summed E-state index contributed by atoms with van der Waals surface area (Å²) in [7, 11) is 1.80. The van der Waals surface area contributed by atoms with Crippen LogP contribution < -0.4 is 5.32 Å². The maximum absolute atomic E-state index is 12.1. The van der Waals surface area contributed by atoms with E-state index < -0.39 is 11.4 Å². The lowest BCUT2D eigenvalue weighted by Gasteiger charge is -2.19. The predicted octanol–water partition coefficient (Wildman–Crippen LogP) is 2.64. The Morgan fingerprint density at radius 1 is 1.14 bits per heavy atom. The molecule has 0 bridgehead atoms. The van der Waals surface area contributed by atoms with Crippen molar-refractivity contribution >= 4 is 17.6 Å². The fourth-order valence-corrected chi connectivity index (χ4v) is 1.99. The van der Waals surface area contributed by atoms with Gasteiger partial charge in [0.25, 0.3) is 5.91 Å². The van der Waals surface area contributed by atoms with Crippen LogP contribution in [0.2, 0.25) is 0 Å². The van der Waals surface area contributed by atoms with Crippen molar-refractivity contribution in [3.63, 3.8) is 0 Å². The van der Waals surface area contributed by atoms with Gasteiger partial charge in [0.2, 0.25) is 0 Å². The molecule has 0 aliphatic heterocycles.